The molecule has 1 aromatic heterocycles. The van der Waals surface area contributed by atoms with Crippen LogP contribution in [0, 0.1) is 10.1 Å². The Hall–Kier alpha value is -2.24. The molecule has 0 radical (unpaired) electrons. The molecule has 0 saturated heterocycles. The van der Waals surface area contributed by atoms with E-state index in [0.29, 0.717) is 5.56 Å². The van der Waals surface area contributed by atoms with Gasteiger partial charge in [0.25, 0.3) is 0 Å². The van der Waals surface area contributed by atoms with Gasteiger partial charge in [-0.3, -0.25) is 4.79 Å². The highest BCUT2D eigenvalue weighted by Gasteiger charge is 2.04. The zero-order chi connectivity index (χ0) is 10.6. The number of nitrogens with zero attached hydrogens (tertiary/aromatic N) is 2. The number of hydrogen-bond acceptors (Lipinski definition) is 4. The number of nitro groups is 1. The fourth-order valence-electron chi connectivity index (χ4n) is 0.782. The molecule has 72 valence electrons. The number of rotatable bonds is 3. The van der Waals surface area contributed by atoms with Crippen molar-refractivity contribution in [1.29, 1.82) is 0 Å². The molecular weight excluding hydrogens is 186 g/mol. The summed E-state index contributed by atoms with van der Waals surface area (Å²) in [6.45, 7) is 0. The van der Waals surface area contributed by atoms with E-state index in [2.05, 4.69) is 4.98 Å². The van der Waals surface area contributed by atoms with Crippen LogP contribution in [-0.2, 0) is 4.79 Å². The lowest BCUT2D eigenvalue weighted by Gasteiger charge is -1.91. The van der Waals surface area contributed by atoms with Crippen LogP contribution in [0.4, 0.5) is 5.82 Å². The summed E-state index contributed by atoms with van der Waals surface area (Å²) in [7, 11) is 0. The van der Waals surface area contributed by atoms with Crippen LogP contribution in [0.3, 0.4) is 0 Å². The Morgan fingerprint density at radius 2 is 2.29 bits per heavy atom. The van der Waals surface area contributed by atoms with Crippen molar-refractivity contribution in [1.82, 2.24) is 4.98 Å². The first kappa shape index (κ1) is 9.85. The van der Waals surface area contributed by atoms with Crippen molar-refractivity contribution >= 4 is 17.8 Å². The summed E-state index contributed by atoms with van der Waals surface area (Å²) in [5.41, 5.74) is 5.44. The molecule has 2 N–H and O–H groups in total. The van der Waals surface area contributed by atoms with E-state index in [4.69, 9.17) is 5.73 Å². The largest absolute Gasteiger partial charge is 0.366 e. The molecule has 0 aliphatic rings. The molecule has 1 aromatic rings. The number of pyridine rings is 1. The molecular formula is C8H7N3O3. The molecule has 0 aliphatic heterocycles. The number of primary amides is 1. The average Bonchev–Trinajstić information content (AvgIpc) is 2.15. The van der Waals surface area contributed by atoms with E-state index in [1.54, 1.807) is 0 Å². The molecule has 0 fully saturated rings. The van der Waals surface area contributed by atoms with Crippen LogP contribution in [0.5, 0.6) is 0 Å². The second-order valence-corrected chi connectivity index (χ2v) is 2.44. The molecule has 0 atom stereocenters. The summed E-state index contributed by atoms with van der Waals surface area (Å²) in [6.07, 6.45) is 3.87. The highest BCUT2D eigenvalue weighted by Crippen LogP contribution is 2.08. The highest BCUT2D eigenvalue weighted by molar-refractivity contribution is 5.90. The van der Waals surface area contributed by atoms with E-state index in [1.807, 2.05) is 0 Å². The van der Waals surface area contributed by atoms with Gasteiger partial charge in [0, 0.05) is 17.7 Å². The zero-order valence-electron chi connectivity index (χ0n) is 7.08. The third-order valence-electron chi connectivity index (χ3n) is 1.40. The predicted molar refractivity (Wildman–Crippen MR) is 49.1 cm³/mol. The summed E-state index contributed by atoms with van der Waals surface area (Å²) in [5, 5.41) is 10.2. The summed E-state index contributed by atoms with van der Waals surface area (Å²) in [5.74, 6) is -0.815. The van der Waals surface area contributed by atoms with Gasteiger partial charge >= 0.3 is 5.82 Å². The van der Waals surface area contributed by atoms with Gasteiger partial charge in [-0.1, -0.05) is 0 Å². The number of amides is 1. The van der Waals surface area contributed by atoms with E-state index in [-0.39, 0.29) is 5.82 Å². The molecule has 0 aliphatic carbocycles. The highest BCUT2D eigenvalue weighted by atomic mass is 16.6. The summed E-state index contributed by atoms with van der Waals surface area (Å²) >= 11 is 0. The Kier molecular flexibility index (Phi) is 2.90. The maximum atomic E-state index is 10.4. The molecule has 1 heterocycles. The first-order valence-electron chi connectivity index (χ1n) is 3.67. The number of carbonyl (C=O) groups is 1. The van der Waals surface area contributed by atoms with Gasteiger partial charge in [-0.15, -0.1) is 0 Å². The Balaban J connectivity index is 2.83. The third-order valence-corrected chi connectivity index (χ3v) is 1.40. The Morgan fingerprint density at radius 3 is 2.71 bits per heavy atom. The van der Waals surface area contributed by atoms with Crippen LogP contribution in [0.15, 0.2) is 24.4 Å². The van der Waals surface area contributed by atoms with E-state index in [1.165, 1.54) is 24.4 Å². The normalized spacial score (nSPS) is 10.3. The van der Waals surface area contributed by atoms with Gasteiger partial charge in [-0.25, -0.2) is 0 Å². The van der Waals surface area contributed by atoms with Gasteiger partial charge < -0.3 is 15.8 Å². The van der Waals surface area contributed by atoms with Gasteiger partial charge in [0.15, 0.2) is 0 Å². The van der Waals surface area contributed by atoms with Crippen molar-refractivity contribution in [3.8, 4) is 0 Å². The molecule has 1 amide bonds. The van der Waals surface area contributed by atoms with Crippen molar-refractivity contribution in [2.24, 2.45) is 5.73 Å². The number of nitrogens with two attached hydrogens (primary N) is 1. The van der Waals surface area contributed by atoms with Gasteiger partial charge in [-0.05, 0) is 22.0 Å². The van der Waals surface area contributed by atoms with Crippen LogP contribution in [0.25, 0.3) is 6.08 Å². The summed E-state index contributed by atoms with van der Waals surface area (Å²) < 4.78 is 0. The van der Waals surface area contributed by atoms with Gasteiger partial charge in [0.1, 0.15) is 6.20 Å². The lowest BCUT2D eigenvalue weighted by molar-refractivity contribution is -0.389. The van der Waals surface area contributed by atoms with Crippen molar-refractivity contribution in [3.05, 3.63) is 40.1 Å². The van der Waals surface area contributed by atoms with E-state index < -0.39 is 10.8 Å². The second kappa shape index (κ2) is 4.13. The fourth-order valence-corrected chi connectivity index (χ4v) is 0.782. The first-order valence-corrected chi connectivity index (χ1v) is 3.67. The predicted octanol–water partition coefficient (Wildman–Crippen LogP) is 0.488. The minimum Gasteiger partial charge on any atom is -0.366 e. The monoisotopic (exact) mass is 193 g/mol. The van der Waals surface area contributed by atoms with Crippen LogP contribution in [0.2, 0.25) is 0 Å². The van der Waals surface area contributed by atoms with Crippen LogP contribution >= 0.6 is 0 Å². The molecule has 6 heteroatoms. The molecule has 0 unspecified atom stereocenters. The first-order chi connectivity index (χ1) is 6.59. The number of aromatic nitrogens is 1. The second-order valence-electron chi connectivity index (χ2n) is 2.44. The fraction of sp³-hybridized carbons (Fsp3) is 0. The van der Waals surface area contributed by atoms with Gasteiger partial charge in [0.2, 0.25) is 5.91 Å². The molecule has 0 bridgehead atoms. The summed E-state index contributed by atoms with van der Waals surface area (Å²) in [6, 6.07) is 2.73. The van der Waals surface area contributed by atoms with Crippen LogP contribution in [-0.4, -0.2) is 15.8 Å². The SMILES string of the molecule is NC(=O)C=Cc1ccc([N+](=O)[O-])nc1. The molecule has 1 rings (SSSR count). The van der Waals surface area contributed by atoms with Crippen molar-refractivity contribution in [3.63, 3.8) is 0 Å². The molecule has 0 saturated carbocycles. The minimum absolute atomic E-state index is 0.235. The van der Waals surface area contributed by atoms with Crippen molar-refractivity contribution < 1.29 is 9.72 Å². The Labute approximate surface area is 79.2 Å². The zero-order valence-corrected chi connectivity index (χ0v) is 7.08. The maximum Gasteiger partial charge on any atom is 0.363 e. The van der Waals surface area contributed by atoms with E-state index in [0.717, 1.165) is 6.08 Å². The Bertz CT molecular complexity index is 383. The smallest absolute Gasteiger partial charge is 0.363 e. The van der Waals surface area contributed by atoms with Gasteiger partial charge in [0.05, 0.1) is 0 Å². The Morgan fingerprint density at radius 1 is 1.57 bits per heavy atom. The summed E-state index contributed by atoms with van der Waals surface area (Å²) in [4.78, 5) is 23.5. The lowest BCUT2D eigenvalue weighted by atomic mass is 10.2. The third kappa shape index (κ3) is 2.67. The quantitative estimate of drug-likeness (QED) is 0.429. The molecule has 0 spiro atoms. The topological polar surface area (TPSA) is 99.1 Å². The maximum absolute atomic E-state index is 10.4. The molecule has 6 nitrogen and oxygen atoms in total. The van der Waals surface area contributed by atoms with Crippen LogP contribution < -0.4 is 5.73 Å². The van der Waals surface area contributed by atoms with E-state index in [9.17, 15) is 14.9 Å². The number of hydrogen-bond donors (Lipinski definition) is 1. The molecule has 14 heavy (non-hydrogen) atoms. The average molecular weight is 193 g/mol. The number of carbonyl (C=O) groups excluding carboxylic acids is 1. The van der Waals surface area contributed by atoms with Gasteiger partial charge in [-0.2, -0.15) is 0 Å². The van der Waals surface area contributed by atoms with Crippen molar-refractivity contribution in [2.45, 2.75) is 0 Å². The lowest BCUT2D eigenvalue weighted by Crippen LogP contribution is -2.05. The standard InChI is InChI=1S/C8H7N3O3/c9-7(12)3-1-6-2-4-8(10-5-6)11(13)14/h1-5H,(H2,9,12). The van der Waals surface area contributed by atoms with E-state index >= 15 is 0 Å². The minimum atomic E-state index is -0.596. The van der Waals surface area contributed by atoms with Crippen LogP contribution in [0.1, 0.15) is 5.56 Å². The molecule has 0 aromatic carbocycles. The van der Waals surface area contributed by atoms with Crippen molar-refractivity contribution in [2.75, 3.05) is 0 Å².